The SMILES string of the molecule is CCC(NC)c1ccc(N(C)CCc2ccccc2)cn1. The van der Waals surface area contributed by atoms with Gasteiger partial charge in [-0.15, -0.1) is 0 Å². The first kappa shape index (κ1) is 15.5. The summed E-state index contributed by atoms with van der Waals surface area (Å²) in [5.74, 6) is 0. The van der Waals surface area contributed by atoms with E-state index < -0.39 is 0 Å². The topological polar surface area (TPSA) is 28.2 Å². The van der Waals surface area contributed by atoms with E-state index in [4.69, 9.17) is 0 Å². The lowest BCUT2D eigenvalue weighted by Gasteiger charge is -2.20. The Balaban J connectivity index is 1.95. The van der Waals surface area contributed by atoms with Crippen LogP contribution in [0, 0.1) is 0 Å². The number of likely N-dealkylation sites (N-methyl/N-ethyl adjacent to an activating group) is 1. The minimum atomic E-state index is 0.341. The fourth-order valence-electron chi connectivity index (χ4n) is 2.46. The van der Waals surface area contributed by atoms with Crippen LogP contribution in [0.2, 0.25) is 0 Å². The highest BCUT2D eigenvalue weighted by Gasteiger charge is 2.08. The number of rotatable bonds is 7. The van der Waals surface area contributed by atoms with Crippen LogP contribution in [0.3, 0.4) is 0 Å². The Bertz CT molecular complexity index is 518. The standard InChI is InChI=1S/C18H25N3/c1-4-17(19-2)18-11-10-16(14-20-18)21(3)13-12-15-8-6-5-7-9-15/h5-11,14,17,19H,4,12-13H2,1-3H3. The minimum absolute atomic E-state index is 0.341. The summed E-state index contributed by atoms with van der Waals surface area (Å²) in [5, 5.41) is 3.29. The number of hydrogen-bond donors (Lipinski definition) is 1. The van der Waals surface area contributed by atoms with Crippen molar-refractivity contribution in [3.8, 4) is 0 Å². The van der Waals surface area contributed by atoms with Crippen molar-refractivity contribution < 1.29 is 0 Å². The molecule has 2 rings (SSSR count). The Hall–Kier alpha value is -1.87. The molecule has 3 nitrogen and oxygen atoms in total. The highest BCUT2D eigenvalue weighted by molar-refractivity contribution is 5.44. The van der Waals surface area contributed by atoms with Crippen molar-refractivity contribution in [1.82, 2.24) is 10.3 Å². The lowest BCUT2D eigenvalue weighted by Crippen LogP contribution is -2.21. The monoisotopic (exact) mass is 283 g/mol. The molecule has 0 radical (unpaired) electrons. The number of anilines is 1. The van der Waals surface area contributed by atoms with E-state index in [1.54, 1.807) is 0 Å². The van der Waals surface area contributed by atoms with E-state index >= 15 is 0 Å². The van der Waals surface area contributed by atoms with Crippen LogP contribution in [-0.2, 0) is 6.42 Å². The van der Waals surface area contributed by atoms with E-state index in [9.17, 15) is 0 Å². The van der Waals surface area contributed by atoms with E-state index in [-0.39, 0.29) is 0 Å². The molecule has 0 aliphatic carbocycles. The second kappa shape index (κ2) is 7.79. The Morgan fingerprint density at radius 2 is 1.90 bits per heavy atom. The zero-order valence-corrected chi connectivity index (χ0v) is 13.2. The van der Waals surface area contributed by atoms with Gasteiger partial charge in [-0.25, -0.2) is 0 Å². The smallest absolute Gasteiger partial charge is 0.0574 e. The van der Waals surface area contributed by atoms with Gasteiger partial charge in [-0.1, -0.05) is 37.3 Å². The maximum absolute atomic E-state index is 4.59. The zero-order chi connectivity index (χ0) is 15.1. The average Bonchev–Trinajstić information content (AvgIpc) is 2.55. The Morgan fingerprint density at radius 1 is 1.14 bits per heavy atom. The summed E-state index contributed by atoms with van der Waals surface area (Å²) in [6.07, 6.45) is 4.07. The Kier molecular flexibility index (Phi) is 5.76. The third kappa shape index (κ3) is 4.30. The molecule has 1 unspecified atom stereocenters. The van der Waals surface area contributed by atoms with Crippen molar-refractivity contribution in [2.75, 3.05) is 25.5 Å². The third-order valence-electron chi connectivity index (χ3n) is 3.90. The number of nitrogens with one attached hydrogen (secondary N) is 1. The van der Waals surface area contributed by atoms with Gasteiger partial charge in [-0.3, -0.25) is 4.98 Å². The van der Waals surface area contributed by atoms with Gasteiger partial charge in [-0.2, -0.15) is 0 Å². The predicted molar refractivity (Wildman–Crippen MR) is 89.7 cm³/mol. The molecule has 21 heavy (non-hydrogen) atoms. The molecule has 0 bridgehead atoms. The average molecular weight is 283 g/mol. The van der Waals surface area contributed by atoms with Crippen LogP contribution in [0.25, 0.3) is 0 Å². The van der Waals surface area contributed by atoms with Crippen LogP contribution in [0.1, 0.15) is 30.6 Å². The molecule has 0 spiro atoms. The number of pyridine rings is 1. The summed E-state index contributed by atoms with van der Waals surface area (Å²) in [6.45, 7) is 3.16. The molecule has 3 heteroatoms. The molecule has 1 atom stereocenters. The van der Waals surface area contributed by atoms with Gasteiger partial charge in [-0.05, 0) is 37.6 Å². The molecule has 0 aliphatic rings. The predicted octanol–water partition coefficient (Wildman–Crippen LogP) is 3.43. The van der Waals surface area contributed by atoms with Gasteiger partial charge in [0.25, 0.3) is 0 Å². The first-order chi connectivity index (χ1) is 10.2. The third-order valence-corrected chi connectivity index (χ3v) is 3.90. The van der Waals surface area contributed by atoms with E-state index in [0.717, 1.165) is 25.1 Å². The van der Waals surface area contributed by atoms with Gasteiger partial charge in [0.05, 0.1) is 17.6 Å². The molecule has 1 N–H and O–H groups in total. The normalized spacial score (nSPS) is 12.1. The molecular formula is C18H25N3. The number of benzene rings is 1. The second-order valence-electron chi connectivity index (χ2n) is 5.35. The molecule has 0 aliphatic heterocycles. The second-order valence-corrected chi connectivity index (χ2v) is 5.35. The minimum Gasteiger partial charge on any atom is -0.373 e. The van der Waals surface area contributed by atoms with Gasteiger partial charge >= 0.3 is 0 Å². The van der Waals surface area contributed by atoms with Gasteiger partial charge in [0.2, 0.25) is 0 Å². The molecule has 1 aromatic carbocycles. The molecule has 0 fully saturated rings. The molecule has 2 aromatic rings. The van der Waals surface area contributed by atoms with Crippen molar-refractivity contribution in [2.45, 2.75) is 25.8 Å². The van der Waals surface area contributed by atoms with Crippen LogP contribution in [0.4, 0.5) is 5.69 Å². The fraction of sp³-hybridized carbons (Fsp3) is 0.389. The van der Waals surface area contributed by atoms with Crippen LogP contribution in [0.5, 0.6) is 0 Å². The van der Waals surface area contributed by atoms with E-state index in [2.05, 4.69) is 71.6 Å². The van der Waals surface area contributed by atoms with Crippen molar-refractivity contribution in [1.29, 1.82) is 0 Å². The van der Waals surface area contributed by atoms with E-state index in [1.807, 2.05) is 13.2 Å². The highest BCUT2D eigenvalue weighted by Crippen LogP contribution is 2.17. The maximum atomic E-state index is 4.59. The van der Waals surface area contributed by atoms with Crippen molar-refractivity contribution in [3.05, 3.63) is 59.9 Å². The van der Waals surface area contributed by atoms with Crippen molar-refractivity contribution >= 4 is 5.69 Å². The molecular weight excluding hydrogens is 258 g/mol. The molecule has 0 saturated heterocycles. The van der Waals surface area contributed by atoms with Crippen LogP contribution in [0.15, 0.2) is 48.7 Å². The molecule has 1 aromatic heterocycles. The van der Waals surface area contributed by atoms with Gasteiger partial charge < -0.3 is 10.2 Å². The first-order valence-corrected chi connectivity index (χ1v) is 7.63. The summed E-state index contributed by atoms with van der Waals surface area (Å²) in [6, 6.07) is 15.2. The van der Waals surface area contributed by atoms with Crippen LogP contribution < -0.4 is 10.2 Å². The number of nitrogens with zero attached hydrogens (tertiary/aromatic N) is 2. The van der Waals surface area contributed by atoms with Gasteiger partial charge in [0, 0.05) is 19.6 Å². The summed E-state index contributed by atoms with van der Waals surface area (Å²) in [5.41, 5.74) is 3.65. The molecule has 112 valence electrons. The van der Waals surface area contributed by atoms with Crippen LogP contribution in [-0.4, -0.2) is 25.6 Å². The zero-order valence-electron chi connectivity index (χ0n) is 13.2. The lowest BCUT2D eigenvalue weighted by atomic mass is 10.1. The van der Waals surface area contributed by atoms with Gasteiger partial charge in [0.1, 0.15) is 0 Å². The van der Waals surface area contributed by atoms with E-state index in [0.29, 0.717) is 6.04 Å². The Morgan fingerprint density at radius 3 is 2.48 bits per heavy atom. The van der Waals surface area contributed by atoms with Crippen molar-refractivity contribution in [3.63, 3.8) is 0 Å². The summed E-state index contributed by atoms with van der Waals surface area (Å²) < 4.78 is 0. The first-order valence-electron chi connectivity index (χ1n) is 7.63. The number of aromatic nitrogens is 1. The van der Waals surface area contributed by atoms with Crippen molar-refractivity contribution in [2.24, 2.45) is 0 Å². The lowest BCUT2D eigenvalue weighted by molar-refractivity contribution is 0.561. The van der Waals surface area contributed by atoms with Gasteiger partial charge in [0.15, 0.2) is 0 Å². The highest BCUT2D eigenvalue weighted by atomic mass is 15.1. The van der Waals surface area contributed by atoms with E-state index in [1.165, 1.54) is 11.3 Å². The summed E-state index contributed by atoms with van der Waals surface area (Å²) >= 11 is 0. The molecule has 0 saturated carbocycles. The Labute approximate surface area is 128 Å². The summed E-state index contributed by atoms with van der Waals surface area (Å²) in [7, 11) is 4.10. The quantitative estimate of drug-likeness (QED) is 0.844. The molecule has 1 heterocycles. The summed E-state index contributed by atoms with van der Waals surface area (Å²) in [4.78, 5) is 6.85. The number of hydrogen-bond acceptors (Lipinski definition) is 3. The fourth-order valence-corrected chi connectivity index (χ4v) is 2.46. The largest absolute Gasteiger partial charge is 0.373 e. The van der Waals surface area contributed by atoms with Crippen LogP contribution >= 0.6 is 0 Å². The molecule has 0 amide bonds. The maximum Gasteiger partial charge on any atom is 0.0574 e.